The largest absolute Gasteiger partial charge is 0.375 e. The zero-order valence-corrected chi connectivity index (χ0v) is 14.4. The van der Waals surface area contributed by atoms with E-state index in [1.54, 1.807) is 0 Å². The van der Waals surface area contributed by atoms with Crippen molar-refractivity contribution in [1.29, 1.82) is 0 Å². The molecule has 2 unspecified atom stereocenters. The summed E-state index contributed by atoms with van der Waals surface area (Å²) < 4.78 is 6.22. The lowest BCUT2D eigenvalue weighted by Gasteiger charge is -2.41. The highest BCUT2D eigenvalue weighted by molar-refractivity contribution is 7.11. The molecule has 1 aliphatic heterocycles. The van der Waals surface area contributed by atoms with E-state index in [2.05, 4.69) is 31.1 Å². The summed E-state index contributed by atoms with van der Waals surface area (Å²) in [5.41, 5.74) is 1.42. The number of aryl methyl sites for hydroxylation is 2. The van der Waals surface area contributed by atoms with Gasteiger partial charge in [-0.3, -0.25) is 0 Å². The molecule has 2 heterocycles. The average Bonchev–Trinajstić information content (AvgIpc) is 3.03. The second-order valence-corrected chi connectivity index (χ2v) is 7.94. The Bertz CT molecular complexity index is 479. The van der Waals surface area contributed by atoms with E-state index < -0.39 is 0 Å². The molecule has 0 bridgehead atoms. The third-order valence-corrected chi connectivity index (χ3v) is 6.32. The van der Waals surface area contributed by atoms with Gasteiger partial charge in [0, 0.05) is 17.5 Å². The zero-order chi connectivity index (χ0) is 14.9. The van der Waals surface area contributed by atoms with E-state index in [9.17, 15) is 0 Å². The molecule has 4 heteroatoms. The normalized spacial score (nSPS) is 26.3. The average molecular weight is 308 g/mol. The molecule has 0 radical (unpaired) electrons. The van der Waals surface area contributed by atoms with Crippen molar-refractivity contribution in [2.24, 2.45) is 5.92 Å². The van der Waals surface area contributed by atoms with Gasteiger partial charge in [0.1, 0.15) is 0 Å². The zero-order valence-electron chi connectivity index (χ0n) is 13.6. The first-order chi connectivity index (χ1) is 10.1. The van der Waals surface area contributed by atoms with Gasteiger partial charge in [-0.05, 0) is 52.0 Å². The second-order valence-electron chi connectivity index (χ2n) is 6.71. The van der Waals surface area contributed by atoms with Gasteiger partial charge in [0.2, 0.25) is 0 Å². The number of hydrogen-bond donors (Lipinski definition) is 1. The van der Waals surface area contributed by atoms with E-state index in [0.29, 0.717) is 12.0 Å². The number of ether oxygens (including phenoxy) is 1. The first kappa shape index (κ1) is 15.4. The van der Waals surface area contributed by atoms with Crippen LogP contribution in [0.15, 0.2) is 0 Å². The van der Waals surface area contributed by atoms with Crippen LogP contribution in [-0.4, -0.2) is 23.7 Å². The minimum atomic E-state index is 0.199. The summed E-state index contributed by atoms with van der Waals surface area (Å²) in [7, 11) is 0. The van der Waals surface area contributed by atoms with E-state index in [0.717, 1.165) is 13.2 Å². The van der Waals surface area contributed by atoms with Gasteiger partial charge in [-0.2, -0.15) is 0 Å². The van der Waals surface area contributed by atoms with Crippen LogP contribution in [-0.2, 0) is 4.74 Å². The van der Waals surface area contributed by atoms with Gasteiger partial charge < -0.3 is 10.1 Å². The number of aromatic nitrogens is 1. The van der Waals surface area contributed by atoms with Gasteiger partial charge in [-0.15, -0.1) is 11.3 Å². The molecule has 0 amide bonds. The molecule has 2 aliphatic rings. The Morgan fingerprint density at radius 3 is 2.76 bits per heavy atom. The van der Waals surface area contributed by atoms with Crippen LogP contribution in [0.1, 0.15) is 67.1 Å². The molecule has 2 fully saturated rings. The molecule has 2 atom stereocenters. The van der Waals surface area contributed by atoms with E-state index in [4.69, 9.17) is 4.74 Å². The molecule has 1 aliphatic carbocycles. The predicted molar refractivity (Wildman–Crippen MR) is 87.9 cm³/mol. The van der Waals surface area contributed by atoms with Crippen molar-refractivity contribution in [3.8, 4) is 0 Å². The Morgan fingerprint density at radius 2 is 2.14 bits per heavy atom. The maximum atomic E-state index is 6.22. The van der Waals surface area contributed by atoms with Crippen LogP contribution in [0, 0.1) is 19.8 Å². The standard InChI is InChI=1S/C17H28N2OS/c1-4-18-15(16-12(2)19-13(3)21-16)14-7-10-20-17(11-14)8-5-6-9-17/h14-15,18H,4-11H2,1-3H3. The van der Waals surface area contributed by atoms with Crippen LogP contribution in [0.25, 0.3) is 0 Å². The van der Waals surface area contributed by atoms with Crippen molar-refractivity contribution in [3.63, 3.8) is 0 Å². The second kappa shape index (κ2) is 6.35. The fraction of sp³-hybridized carbons (Fsp3) is 0.824. The van der Waals surface area contributed by atoms with Crippen molar-refractivity contribution >= 4 is 11.3 Å². The lowest BCUT2D eigenvalue weighted by atomic mass is 9.80. The smallest absolute Gasteiger partial charge is 0.0900 e. The first-order valence-electron chi connectivity index (χ1n) is 8.45. The molecule has 118 valence electrons. The number of thiazole rings is 1. The molecular formula is C17H28N2OS. The van der Waals surface area contributed by atoms with Crippen molar-refractivity contribution in [1.82, 2.24) is 10.3 Å². The number of nitrogens with zero attached hydrogens (tertiary/aromatic N) is 1. The van der Waals surface area contributed by atoms with Crippen molar-refractivity contribution in [2.75, 3.05) is 13.2 Å². The molecular weight excluding hydrogens is 280 g/mol. The Labute approximate surface area is 132 Å². The van der Waals surface area contributed by atoms with Gasteiger partial charge in [0.05, 0.1) is 16.3 Å². The summed E-state index contributed by atoms with van der Waals surface area (Å²) in [6.45, 7) is 8.44. The molecule has 0 aromatic carbocycles. The van der Waals surface area contributed by atoms with Crippen molar-refractivity contribution < 1.29 is 4.74 Å². The maximum absolute atomic E-state index is 6.22. The van der Waals surface area contributed by atoms with Gasteiger partial charge in [-0.1, -0.05) is 19.8 Å². The molecule has 1 saturated carbocycles. The highest BCUT2D eigenvalue weighted by Gasteiger charge is 2.42. The summed E-state index contributed by atoms with van der Waals surface area (Å²) in [6, 6.07) is 0.461. The lowest BCUT2D eigenvalue weighted by molar-refractivity contribution is -0.0980. The van der Waals surface area contributed by atoms with Crippen LogP contribution in [0.4, 0.5) is 0 Å². The van der Waals surface area contributed by atoms with Crippen LogP contribution >= 0.6 is 11.3 Å². The summed E-state index contributed by atoms with van der Waals surface area (Å²) in [6.07, 6.45) is 7.62. The van der Waals surface area contributed by atoms with Gasteiger partial charge in [0.25, 0.3) is 0 Å². The molecule has 3 nitrogen and oxygen atoms in total. The Hall–Kier alpha value is -0.450. The van der Waals surface area contributed by atoms with Crippen LogP contribution in [0.5, 0.6) is 0 Å². The summed E-state index contributed by atoms with van der Waals surface area (Å²) in [4.78, 5) is 6.10. The number of rotatable bonds is 4. The highest BCUT2D eigenvalue weighted by Crippen LogP contribution is 2.46. The molecule has 21 heavy (non-hydrogen) atoms. The van der Waals surface area contributed by atoms with Crippen LogP contribution < -0.4 is 5.32 Å². The summed E-state index contributed by atoms with van der Waals surface area (Å²) >= 11 is 1.87. The Morgan fingerprint density at radius 1 is 1.38 bits per heavy atom. The highest BCUT2D eigenvalue weighted by atomic mass is 32.1. The fourth-order valence-electron chi connectivity index (χ4n) is 4.25. The molecule has 1 saturated heterocycles. The van der Waals surface area contributed by atoms with E-state index in [-0.39, 0.29) is 5.60 Å². The van der Waals surface area contributed by atoms with Gasteiger partial charge >= 0.3 is 0 Å². The summed E-state index contributed by atoms with van der Waals surface area (Å²) in [5.74, 6) is 0.690. The monoisotopic (exact) mass is 308 g/mol. The fourth-order valence-corrected chi connectivity index (χ4v) is 5.34. The van der Waals surface area contributed by atoms with Crippen LogP contribution in [0.2, 0.25) is 0 Å². The Kier molecular flexibility index (Phi) is 4.67. The number of nitrogens with one attached hydrogen (secondary N) is 1. The molecule has 1 aromatic heterocycles. The van der Waals surface area contributed by atoms with Crippen LogP contribution in [0.3, 0.4) is 0 Å². The Balaban J connectivity index is 1.81. The predicted octanol–water partition coefficient (Wildman–Crippen LogP) is 4.15. The third kappa shape index (κ3) is 3.17. The number of hydrogen-bond acceptors (Lipinski definition) is 4. The van der Waals surface area contributed by atoms with Gasteiger partial charge in [0.15, 0.2) is 0 Å². The quantitative estimate of drug-likeness (QED) is 0.907. The van der Waals surface area contributed by atoms with Crippen molar-refractivity contribution in [2.45, 2.75) is 70.9 Å². The lowest BCUT2D eigenvalue weighted by Crippen LogP contribution is -2.42. The molecule has 1 N–H and O–H groups in total. The molecule has 3 rings (SSSR count). The topological polar surface area (TPSA) is 34.2 Å². The van der Waals surface area contributed by atoms with E-state index >= 15 is 0 Å². The summed E-state index contributed by atoms with van der Waals surface area (Å²) in [5, 5.41) is 4.93. The third-order valence-electron chi connectivity index (χ3n) is 5.16. The first-order valence-corrected chi connectivity index (χ1v) is 9.26. The minimum Gasteiger partial charge on any atom is -0.375 e. The van der Waals surface area contributed by atoms with Crippen molar-refractivity contribution in [3.05, 3.63) is 15.6 Å². The molecule has 1 spiro atoms. The van der Waals surface area contributed by atoms with Gasteiger partial charge in [-0.25, -0.2) is 4.98 Å². The SMILES string of the molecule is CCNC(c1sc(C)nc1C)C1CCOC2(CCCC2)C1. The van der Waals surface area contributed by atoms with E-state index in [1.807, 2.05) is 11.3 Å². The molecule has 1 aromatic rings. The minimum absolute atomic E-state index is 0.199. The maximum Gasteiger partial charge on any atom is 0.0900 e. The van der Waals surface area contributed by atoms with E-state index in [1.165, 1.54) is 54.1 Å².